The van der Waals surface area contributed by atoms with Crippen LogP contribution in [0.4, 0.5) is 0 Å². The summed E-state index contributed by atoms with van der Waals surface area (Å²) in [7, 11) is 0. The highest BCUT2D eigenvalue weighted by atomic mass is 16.4. The number of H-pyrrole nitrogens is 1. The number of likely N-dealkylation sites (tertiary alicyclic amines) is 1. The molecule has 3 aromatic rings. The molecule has 0 bridgehead atoms. The van der Waals surface area contributed by atoms with Crippen molar-refractivity contribution in [1.82, 2.24) is 25.8 Å². The number of rotatable bonds is 10. The largest absolute Gasteiger partial charge is 0.508 e. The third kappa shape index (κ3) is 6.51. The highest BCUT2D eigenvalue weighted by Crippen LogP contribution is 2.22. The fraction of sp³-hybridized carbons (Fsp3) is 0.400. The zero-order valence-corrected chi connectivity index (χ0v) is 22.6. The topological polar surface area (TPSA) is 164 Å². The number of hydrogen-bond acceptors (Lipinski definition) is 6. The number of aromatic nitrogens is 1. The third-order valence-corrected chi connectivity index (χ3v) is 7.92. The van der Waals surface area contributed by atoms with E-state index in [0.29, 0.717) is 24.8 Å². The Labute approximate surface area is 237 Å². The average molecular weight is 562 g/mol. The van der Waals surface area contributed by atoms with Crippen molar-refractivity contribution in [2.24, 2.45) is 0 Å². The number of phenolic OH excluding ortho intramolecular Hbond substituents is 1. The number of nitrogens with zero attached hydrogens (tertiary/aromatic N) is 1. The van der Waals surface area contributed by atoms with E-state index in [9.17, 15) is 29.4 Å². The van der Waals surface area contributed by atoms with E-state index < -0.39 is 42.0 Å². The molecule has 3 heterocycles. The van der Waals surface area contributed by atoms with Gasteiger partial charge in [0, 0.05) is 36.5 Å². The molecule has 11 heteroatoms. The number of hydrogen-bond donors (Lipinski definition) is 6. The first-order chi connectivity index (χ1) is 19.8. The number of carboxylic acid groups (broad SMARTS) is 1. The second kappa shape index (κ2) is 12.4. The van der Waals surface area contributed by atoms with Crippen molar-refractivity contribution >= 4 is 34.6 Å². The molecule has 2 saturated heterocycles. The molecule has 2 aliphatic rings. The summed E-state index contributed by atoms with van der Waals surface area (Å²) in [4.78, 5) is 57.0. The Balaban J connectivity index is 1.41. The van der Waals surface area contributed by atoms with Gasteiger partial charge in [-0.3, -0.25) is 14.4 Å². The van der Waals surface area contributed by atoms with Crippen LogP contribution >= 0.6 is 0 Å². The van der Waals surface area contributed by atoms with Gasteiger partial charge in [0.15, 0.2) is 0 Å². The zero-order chi connectivity index (χ0) is 28.9. The molecule has 5 rings (SSSR count). The van der Waals surface area contributed by atoms with Crippen molar-refractivity contribution in [3.8, 4) is 5.75 Å². The van der Waals surface area contributed by atoms with E-state index in [1.54, 1.807) is 12.1 Å². The first-order valence-corrected chi connectivity index (χ1v) is 14.0. The van der Waals surface area contributed by atoms with Gasteiger partial charge in [0.05, 0.1) is 6.04 Å². The molecule has 4 atom stereocenters. The summed E-state index contributed by atoms with van der Waals surface area (Å²) in [5.74, 6) is -2.34. The van der Waals surface area contributed by atoms with E-state index in [1.165, 1.54) is 17.0 Å². The van der Waals surface area contributed by atoms with Crippen molar-refractivity contribution < 1.29 is 29.4 Å². The summed E-state index contributed by atoms with van der Waals surface area (Å²) in [6.07, 6.45) is 4.51. The van der Waals surface area contributed by atoms with Crippen LogP contribution in [0.15, 0.2) is 54.7 Å². The predicted octanol–water partition coefficient (Wildman–Crippen LogP) is 1.46. The highest BCUT2D eigenvalue weighted by Gasteiger charge is 2.38. The SMILES string of the molecule is O=C(NC(Cc1c[nH]c2ccccc12)C(=O)NC(Cc1ccc(O)cc1)C(=O)N1CCCC1C(=O)O)C1CCCN1. The average Bonchev–Trinajstić information content (AvgIpc) is 3.75. The number of nitrogens with one attached hydrogen (secondary N) is 4. The number of aromatic hydroxyl groups is 1. The second-order valence-corrected chi connectivity index (χ2v) is 10.7. The van der Waals surface area contributed by atoms with E-state index >= 15 is 0 Å². The Kier molecular flexibility index (Phi) is 8.53. The van der Waals surface area contributed by atoms with Crippen molar-refractivity contribution in [1.29, 1.82) is 0 Å². The van der Waals surface area contributed by atoms with Crippen LogP contribution in [0.3, 0.4) is 0 Å². The molecule has 11 nitrogen and oxygen atoms in total. The minimum Gasteiger partial charge on any atom is -0.508 e. The van der Waals surface area contributed by atoms with Crippen LogP contribution in [0.5, 0.6) is 5.75 Å². The van der Waals surface area contributed by atoms with Gasteiger partial charge in [-0.2, -0.15) is 0 Å². The summed E-state index contributed by atoms with van der Waals surface area (Å²) in [6, 6.07) is 10.5. The van der Waals surface area contributed by atoms with E-state index in [2.05, 4.69) is 20.9 Å². The number of carboxylic acids is 1. The van der Waals surface area contributed by atoms with Gasteiger partial charge < -0.3 is 36.0 Å². The van der Waals surface area contributed by atoms with Crippen LogP contribution in [0.1, 0.15) is 36.8 Å². The minimum absolute atomic E-state index is 0.0631. The second-order valence-electron chi connectivity index (χ2n) is 10.7. The number of benzene rings is 2. The Hall–Kier alpha value is -4.38. The molecule has 0 radical (unpaired) electrons. The maximum absolute atomic E-state index is 13.9. The van der Waals surface area contributed by atoms with Crippen molar-refractivity contribution in [2.75, 3.05) is 13.1 Å². The number of fused-ring (bicyclic) bond motifs is 1. The van der Waals surface area contributed by atoms with E-state index in [-0.39, 0.29) is 31.0 Å². The number of phenols is 1. The number of carbonyl (C=O) groups excluding carboxylic acids is 3. The first-order valence-electron chi connectivity index (χ1n) is 14.0. The fourth-order valence-corrected chi connectivity index (χ4v) is 5.74. The van der Waals surface area contributed by atoms with Gasteiger partial charge in [-0.15, -0.1) is 0 Å². The number of aliphatic carboxylic acids is 1. The summed E-state index contributed by atoms with van der Waals surface area (Å²) >= 11 is 0. The Bertz CT molecular complexity index is 1410. The first kappa shape index (κ1) is 28.2. The minimum atomic E-state index is -1.08. The Morgan fingerprint density at radius 3 is 2.46 bits per heavy atom. The fourth-order valence-electron chi connectivity index (χ4n) is 5.74. The summed E-state index contributed by atoms with van der Waals surface area (Å²) in [6.45, 7) is 1.00. The van der Waals surface area contributed by atoms with Gasteiger partial charge in [-0.1, -0.05) is 30.3 Å². The van der Waals surface area contributed by atoms with Gasteiger partial charge >= 0.3 is 5.97 Å². The number of aromatic amines is 1. The molecule has 3 amide bonds. The molecule has 0 saturated carbocycles. The lowest BCUT2D eigenvalue weighted by Gasteiger charge is -2.29. The monoisotopic (exact) mass is 561 g/mol. The maximum atomic E-state index is 13.9. The van der Waals surface area contributed by atoms with Gasteiger partial charge in [0.2, 0.25) is 17.7 Å². The lowest BCUT2D eigenvalue weighted by Crippen LogP contribution is -2.58. The smallest absolute Gasteiger partial charge is 0.326 e. The third-order valence-electron chi connectivity index (χ3n) is 7.92. The van der Waals surface area contributed by atoms with Crippen molar-refractivity contribution in [3.05, 3.63) is 65.9 Å². The van der Waals surface area contributed by atoms with Crippen LogP contribution in [-0.2, 0) is 32.0 Å². The van der Waals surface area contributed by atoms with Crippen LogP contribution in [0.2, 0.25) is 0 Å². The molecule has 2 aromatic carbocycles. The van der Waals surface area contributed by atoms with Crippen LogP contribution in [0.25, 0.3) is 10.9 Å². The number of carbonyl (C=O) groups is 4. The van der Waals surface area contributed by atoms with E-state index in [0.717, 1.165) is 29.4 Å². The van der Waals surface area contributed by atoms with Crippen LogP contribution < -0.4 is 16.0 Å². The molecule has 4 unspecified atom stereocenters. The summed E-state index contributed by atoms with van der Waals surface area (Å²) in [5, 5.41) is 29.2. The normalized spacial score (nSPS) is 20.0. The highest BCUT2D eigenvalue weighted by molar-refractivity contribution is 5.95. The maximum Gasteiger partial charge on any atom is 0.326 e. The van der Waals surface area contributed by atoms with Crippen molar-refractivity contribution in [2.45, 2.75) is 62.7 Å². The molecule has 0 spiro atoms. The molecule has 2 aliphatic heterocycles. The zero-order valence-electron chi connectivity index (χ0n) is 22.6. The lowest BCUT2D eigenvalue weighted by molar-refractivity contribution is -0.149. The number of para-hydroxylation sites is 1. The standard InChI is InChI=1S/C30H35N5O6/c36-20-11-9-18(10-12-20)15-25(29(39)35-14-4-8-26(35)30(40)41)34-28(38)24(33-27(37)23-7-3-13-31-23)16-19-17-32-22-6-2-1-5-21(19)22/h1-2,5-6,9-12,17,23-26,31-32,36H,3-4,7-8,13-16H2,(H,33,37)(H,34,38)(H,40,41). The quantitative estimate of drug-likeness (QED) is 0.218. The molecular weight excluding hydrogens is 526 g/mol. The van der Waals surface area contributed by atoms with E-state index in [1.807, 2.05) is 30.5 Å². The van der Waals surface area contributed by atoms with Crippen molar-refractivity contribution in [3.63, 3.8) is 0 Å². The molecule has 41 heavy (non-hydrogen) atoms. The lowest BCUT2D eigenvalue weighted by atomic mass is 10.0. The molecular formula is C30H35N5O6. The van der Waals surface area contributed by atoms with Gasteiger partial charge in [-0.05, 0) is 61.6 Å². The molecule has 1 aromatic heterocycles. The van der Waals surface area contributed by atoms with Crippen LogP contribution in [-0.4, -0.2) is 81.0 Å². The van der Waals surface area contributed by atoms with Gasteiger partial charge in [0.1, 0.15) is 23.9 Å². The Morgan fingerprint density at radius 1 is 0.951 bits per heavy atom. The molecule has 216 valence electrons. The molecule has 0 aliphatic carbocycles. The Morgan fingerprint density at radius 2 is 1.73 bits per heavy atom. The van der Waals surface area contributed by atoms with Gasteiger partial charge in [-0.25, -0.2) is 4.79 Å². The molecule has 2 fully saturated rings. The van der Waals surface area contributed by atoms with Crippen LogP contribution in [0, 0.1) is 0 Å². The van der Waals surface area contributed by atoms with Gasteiger partial charge in [0.25, 0.3) is 0 Å². The summed E-state index contributed by atoms with van der Waals surface area (Å²) < 4.78 is 0. The predicted molar refractivity (Wildman–Crippen MR) is 151 cm³/mol. The number of amides is 3. The molecule has 6 N–H and O–H groups in total. The van der Waals surface area contributed by atoms with E-state index in [4.69, 9.17) is 0 Å². The summed E-state index contributed by atoms with van der Waals surface area (Å²) in [5.41, 5.74) is 2.42.